The summed E-state index contributed by atoms with van der Waals surface area (Å²) in [7, 11) is 3.40. The van der Waals surface area contributed by atoms with Crippen LogP contribution in [0, 0.1) is 11.3 Å². The van der Waals surface area contributed by atoms with Crippen molar-refractivity contribution in [3.05, 3.63) is 53.6 Å². The molecule has 3 atom stereocenters. The van der Waals surface area contributed by atoms with E-state index in [0.717, 1.165) is 11.1 Å². The lowest BCUT2D eigenvalue weighted by Crippen LogP contribution is -2.42. The van der Waals surface area contributed by atoms with Crippen molar-refractivity contribution >= 4 is 11.9 Å². The highest BCUT2D eigenvalue weighted by molar-refractivity contribution is 5.79. The number of benzene rings is 2. The predicted octanol–water partition coefficient (Wildman–Crippen LogP) is 3.77. The number of amides is 1. The van der Waals surface area contributed by atoms with Crippen molar-refractivity contribution < 1.29 is 28.9 Å². The quantitative estimate of drug-likeness (QED) is 0.643. The normalized spacial score (nSPS) is 21.7. The van der Waals surface area contributed by atoms with E-state index in [4.69, 9.17) is 14.2 Å². The number of nitrogens with zero attached hydrogens (tertiary/aromatic N) is 2. The smallest absolute Gasteiger partial charge is 0.309 e. The molecule has 1 unspecified atom stereocenters. The number of likely N-dealkylation sites (tertiary alicyclic amines) is 1. The summed E-state index contributed by atoms with van der Waals surface area (Å²) in [6.07, 6.45) is 0. The summed E-state index contributed by atoms with van der Waals surface area (Å²) in [5, 5.41) is 10.4. The first-order valence-electron chi connectivity index (χ1n) is 11.8. The number of carbonyl (C=O) groups excluding carboxylic acids is 1. The van der Waals surface area contributed by atoms with Crippen LogP contribution in [0.4, 0.5) is 0 Å². The van der Waals surface area contributed by atoms with Crippen LogP contribution in [0.15, 0.2) is 42.5 Å². The standard InChI is InChI=1S/C27H34N2O6/c1-27(2,3)15-28(4)23(30)14-29-13-20(18-8-11-21-22(12-18)35-16-34-21)24(26(31)32)25(29)17-6-9-19(33-5)10-7-17/h6-12,20,24-25H,13-16H2,1-5H3,(H,31,32)/t20?,24-,25+/m0/s1. The maximum atomic E-state index is 13.2. The molecule has 2 heterocycles. The number of hydrogen-bond donors (Lipinski definition) is 1. The van der Waals surface area contributed by atoms with E-state index in [0.29, 0.717) is 30.3 Å². The molecule has 0 aromatic heterocycles. The van der Waals surface area contributed by atoms with Crippen molar-refractivity contribution in [2.24, 2.45) is 11.3 Å². The van der Waals surface area contributed by atoms with Gasteiger partial charge in [-0.05, 0) is 40.8 Å². The van der Waals surface area contributed by atoms with E-state index in [-0.39, 0.29) is 30.6 Å². The molecule has 4 rings (SSSR count). The molecule has 1 saturated heterocycles. The Morgan fingerprint density at radius 2 is 1.74 bits per heavy atom. The number of hydrogen-bond acceptors (Lipinski definition) is 6. The van der Waals surface area contributed by atoms with Gasteiger partial charge in [-0.3, -0.25) is 14.5 Å². The zero-order valence-corrected chi connectivity index (χ0v) is 21.0. The second kappa shape index (κ2) is 9.77. The lowest BCUT2D eigenvalue weighted by molar-refractivity contribution is -0.143. The van der Waals surface area contributed by atoms with Gasteiger partial charge < -0.3 is 24.2 Å². The minimum atomic E-state index is -0.897. The Kier molecular flexibility index (Phi) is 6.94. The van der Waals surface area contributed by atoms with Crippen LogP contribution < -0.4 is 14.2 Å². The van der Waals surface area contributed by atoms with E-state index in [2.05, 4.69) is 20.8 Å². The van der Waals surface area contributed by atoms with Crippen LogP contribution in [0.5, 0.6) is 17.2 Å². The van der Waals surface area contributed by atoms with Gasteiger partial charge in [-0.2, -0.15) is 0 Å². The highest BCUT2D eigenvalue weighted by Gasteiger charge is 2.48. The first-order chi connectivity index (χ1) is 16.6. The number of rotatable bonds is 7. The minimum Gasteiger partial charge on any atom is -0.497 e. The topological polar surface area (TPSA) is 88.5 Å². The molecule has 8 heteroatoms. The van der Waals surface area contributed by atoms with Crippen molar-refractivity contribution in [3.63, 3.8) is 0 Å². The van der Waals surface area contributed by atoms with E-state index in [1.54, 1.807) is 19.1 Å². The molecule has 2 aliphatic rings. The summed E-state index contributed by atoms with van der Waals surface area (Å²) in [6, 6.07) is 12.5. The number of carbonyl (C=O) groups is 2. The van der Waals surface area contributed by atoms with Crippen LogP contribution in [-0.2, 0) is 9.59 Å². The molecule has 0 spiro atoms. The average Bonchev–Trinajstić information content (AvgIpc) is 3.42. The highest BCUT2D eigenvalue weighted by Crippen LogP contribution is 2.47. The van der Waals surface area contributed by atoms with Crippen molar-refractivity contribution in [1.29, 1.82) is 0 Å². The molecule has 188 valence electrons. The summed E-state index contributed by atoms with van der Waals surface area (Å²) in [6.45, 7) is 7.59. The zero-order chi connectivity index (χ0) is 25.3. The van der Waals surface area contributed by atoms with Crippen LogP contribution >= 0.6 is 0 Å². The summed E-state index contributed by atoms with van der Waals surface area (Å²) in [4.78, 5) is 29.6. The average molecular weight is 483 g/mol. The van der Waals surface area contributed by atoms with E-state index in [9.17, 15) is 14.7 Å². The lowest BCUT2D eigenvalue weighted by atomic mass is 9.82. The maximum absolute atomic E-state index is 13.2. The van der Waals surface area contributed by atoms with Gasteiger partial charge in [0.25, 0.3) is 0 Å². The fraction of sp³-hybridized carbons (Fsp3) is 0.481. The monoisotopic (exact) mass is 482 g/mol. The Balaban J connectivity index is 1.69. The maximum Gasteiger partial charge on any atom is 0.309 e. The Morgan fingerprint density at radius 1 is 1.09 bits per heavy atom. The number of methoxy groups -OCH3 is 1. The molecule has 0 radical (unpaired) electrons. The highest BCUT2D eigenvalue weighted by atomic mass is 16.7. The van der Waals surface area contributed by atoms with Gasteiger partial charge in [0, 0.05) is 32.1 Å². The van der Waals surface area contributed by atoms with Crippen LogP contribution in [0.3, 0.4) is 0 Å². The van der Waals surface area contributed by atoms with Crippen molar-refractivity contribution in [3.8, 4) is 17.2 Å². The van der Waals surface area contributed by atoms with E-state index in [1.807, 2.05) is 47.4 Å². The summed E-state index contributed by atoms with van der Waals surface area (Å²) >= 11 is 0. The first-order valence-corrected chi connectivity index (χ1v) is 11.8. The van der Waals surface area contributed by atoms with Gasteiger partial charge in [-0.15, -0.1) is 0 Å². The second-order valence-corrected chi connectivity index (χ2v) is 10.5. The molecular formula is C27H34N2O6. The van der Waals surface area contributed by atoms with Gasteiger partial charge >= 0.3 is 5.97 Å². The van der Waals surface area contributed by atoms with E-state index >= 15 is 0 Å². The Bertz CT molecular complexity index is 1080. The van der Waals surface area contributed by atoms with Crippen molar-refractivity contribution in [1.82, 2.24) is 9.80 Å². The third kappa shape index (κ3) is 5.37. The number of carboxylic acids is 1. The van der Waals surface area contributed by atoms with E-state index in [1.165, 1.54) is 0 Å². The third-order valence-corrected chi connectivity index (χ3v) is 6.64. The molecule has 2 aromatic rings. The second-order valence-electron chi connectivity index (χ2n) is 10.5. The number of carboxylic acid groups (broad SMARTS) is 1. The molecule has 1 fully saturated rings. The molecule has 1 N–H and O–H groups in total. The Labute approximate surface area is 206 Å². The fourth-order valence-electron chi connectivity index (χ4n) is 5.17. The molecule has 35 heavy (non-hydrogen) atoms. The van der Waals surface area contributed by atoms with Crippen LogP contribution in [-0.4, -0.2) is 67.4 Å². The summed E-state index contributed by atoms with van der Waals surface area (Å²) < 4.78 is 16.3. The molecule has 8 nitrogen and oxygen atoms in total. The lowest BCUT2D eigenvalue weighted by Gasteiger charge is -2.31. The van der Waals surface area contributed by atoms with Gasteiger partial charge in [-0.1, -0.05) is 39.0 Å². The largest absolute Gasteiger partial charge is 0.497 e. The Morgan fingerprint density at radius 3 is 2.37 bits per heavy atom. The van der Waals surface area contributed by atoms with Gasteiger partial charge in [0.2, 0.25) is 12.7 Å². The number of likely N-dealkylation sites (N-methyl/N-ethyl adjacent to an activating group) is 1. The molecule has 2 aromatic carbocycles. The zero-order valence-electron chi connectivity index (χ0n) is 21.0. The number of aliphatic carboxylic acids is 1. The SMILES string of the molecule is COc1ccc([C@@H]2[C@@H](C(=O)O)C(c3ccc4c(c3)OCO4)CN2CC(=O)N(C)CC(C)(C)C)cc1. The van der Waals surface area contributed by atoms with E-state index < -0.39 is 17.9 Å². The predicted molar refractivity (Wildman–Crippen MR) is 131 cm³/mol. The molecule has 0 bridgehead atoms. The fourth-order valence-corrected chi connectivity index (χ4v) is 5.17. The van der Waals surface area contributed by atoms with Crippen LogP contribution in [0.2, 0.25) is 0 Å². The van der Waals surface area contributed by atoms with Crippen LogP contribution in [0.25, 0.3) is 0 Å². The Hall–Kier alpha value is -3.26. The minimum absolute atomic E-state index is 0.0334. The molecular weight excluding hydrogens is 448 g/mol. The van der Waals surface area contributed by atoms with Crippen LogP contribution in [0.1, 0.15) is 43.9 Å². The van der Waals surface area contributed by atoms with Gasteiger partial charge in [0.1, 0.15) is 5.75 Å². The molecule has 0 aliphatic carbocycles. The third-order valence-electron chi connectivity index (χ3n) is 6.64. The summed E-state index contributed by atoms with van der Waals surface area (Å²) in [5.74, 6) is -0.0357. The number of fused-ring (bicyclic) bond motifs is 1. The number of ether oxygens (including phenoxy) is 3. The van der Waals surface area contributed by atoms with Gasteiger partial charge in [0.05, 0.1) is 19.6 Å². The summed E-state index contributed by atoms with van der Waals surface area (Å²) in [5.41, 5.74) is 1.66. The molecule has 1 amide bonds. The van der Waals surface area contributed by atoms with Crippen molar-refractivity contribution in [2.75, 3.05) is 40.6 Å². The first kappa shape index (κ1) is 24.9. The van der Waals surface area contributed by atoms with Gasteiger partial charge in [0.15, 0.2) is 11.5 Å². The molecule has 2 aliphatic heterocycles. The van der Waals surface area contributed by atoms with Crippen molar-refractivity contribution in [2.45, 2.75) is 32.7 Å². The molecule has 0 saturated carbocycles. The van der Waals surface area contributed by atoms with Gasteiger partial charge in [-0.25, -0.2) is 0 Å².